The molecule has 1 aliphatic rings. The third kappa shape index (κ3) is 1.03. The molecule has 4 nitrogen and oxygen atoms in total. The molecule has 0 aliphatic carbocycles. The molecule has 0 radical (unpaired) electrons. The van der Waals surface area contributed by atoms with Gasteiger partial charge in [0.05, 0.1) is 17.4 Å². The van der Waals surface area contributed by atoms with E-state index in [4.69, 9.17) is 0 Å². The van der Waals surface area contributed by atoms with Gasteiger partial charge in [-0.05, 0) is 13.8 Å². The summed E-state index contributed by atoms with van der Waals surface area (Å²) in [4.78, 5) is 1.82. The van der Waals surface area contributed by atoms with Crippen molar-refractivity contribution in [3.05, 3.63) is 11.4 Å². The lowest BCUT2D eigenvalue weighted by atomic mass is 10.2. The van der Waals surface area contributed by atoms with Crippen LogP contribution in [0.2, 0.25) is 0 Å². The van der Waals surface area contributed by atoms with Crippen LogP contribution >= 0.6 is 0 Å². The van der Waals surface area contributed by atoms with Gasteiger partial charge in [-0.15, -0.1) is 0 Å². The monoisotopic (exact) mass is 152 g/mol. The van der Waals surface area contributed by atoms with Crippen molar-refractivity contribution >= 4 is 0 Å². The lowest BCUT2D eigenvalue weighted by Crippen LogP contribution is -2.44. The zero-order chi connectivity index (χ0) is 7.84. The maximum Gasteiger partial charge on any atom is 0.0964 e. The molecule has 1 aromatic heterocycles. The van der Waals surface area contributed by atoms with Gasteiger partial charge in [-0.2, -0.15) is 15.0 Å². The highest BCUT2D eigenvalue weighted by molar-refractivity contribution is 5.03. The molecule has 0 saturated carbocycles. The van der Waals surface area contributed by atoms with Crippen LogP contribution in [-0.2, 0) is 0 Å². The summed E-state index contributed by atoms with van der Waals surface area (Å²) in [7, 11) is 0. The SMILES string of the molecule is Cc1nn(C2CNC2)nc1C. The van der Waals surface area contributed by atoms with Crippen molar-refractivity contribution in [3.63, 3.8) is 0 Å². The Morgan fingerprint density at radius 2 is 1.82 bits per heavy atom. The summed E-state index contributed by atoms with van der Waals surface area (Å²) in [6.45, 7) is 6.00. The van der Waals surface area contributed by atoms with Gasteiger partial charge in [0.1, 0.15) is 0 Å². The quantitative estimate of drug-likeness (QED) is 0.617. The van der Waals surface area contributed by atoms with Gasteiger partial charge in [0.2, 0.25) is 0 Å². The number of nitrogens with one attached hydrogen (secondary N) is 1. The van der Waals surface area contributed by atoms with Crippen LogP contribution in [0.5, 0.6) is 0 Å². The maximum absolute atomic E-state index is 4.30. The van der Waals surface area contributed by atoms with Gasteiger partial charge in [-0.3, -0.25) is 0 Å². The van der Waals surface area contributed by atoms with Crippen LogP contribution in [0.25, 0.3) is 0 Å². The van der Waals surface area contributed by atoms with Crippen LogP contribution in [0.3, 0.4) is 0 Å². The Hall–Kier alpha value is -0.900. The van der Waals surface area contributed by atoms with Gasteiger partial charge < -0.3 is 5.32 Å². The lowest BCUT2D eigenvalue weighted by Gasteiger charge is -2.25. The molecule has 0 atom stereocenters. The largest absolute Gasteiger partial charge is 0.312 e. The van der Waals surface area contributed by atoms with E-state index in [0.29, 0.717) is 6.04 Å². The average molecular weight is 152 g/mol. The molecule has 2 rings (SSSR count). The van der Waals surface area contributed by atoms with Crippen molar-refractivity contribution in [2.75, 3.05) is 13.1 Å². The Labute approximate surface area is 65.6 Å². The molecular formula is C7H12N4. The smallest absolute Gasteiger partial charge is 0.0964 e. The molecule has 1 aromatic rings. The molecule has 4 heteroatoms. The molecule has 0 unspecified atom stereocenters. The third-order valence-electron chi connectivity index (χ3n) is 2.12. The highest BCUT2D eigenvalue weighted by Crippen LogP contribution is 2.09. The Morgan fingerprint density at radius 3 is 2.18 bits per heavy atom. The highest BCUT2D eigenvalue weighted by Gasteiger charge is 2.20. The van der Waals surface area contributed by atoms with Gasteiger partial charge in [-0.25, -0.2) is 0 Å². The molecule has 60 valence electrons. The Balaban J connectivity index is 2.24. The summed E-state index contributed by atoms with van der Waals surface area (Å²) >= 11 is 0. The molecule has 11 heavy (non-hydrogen) atoms. The molecule has 0 aromatic carbocycles. The second-order valence-corrected chi connectivity index (χ2v) is 3.00. The minimum atomic E-state index is 0.488. The Morgan fingerprint density at radius 1 is 1.27 bits per heavy atom. The van der Waals surface area contributed by atoms with Crippen LogP contribution in [0, 0.1) is 13.8 Å². The maximum atomic E-state index is 4.30. The normalized spacial score (nSPS) is 18.4. The summed E-state index contributed by atoms with van der Waals surface area (Å²) in [5, 5.41) is 11.8. The molecule has 1 fully saturated rings. The topological polar surface area (TPSA) is 42.7 Å². The number of aryl methyl sites for hydroxylation is 2. The Bertz CT molecular complexity index is 242. The van der Waals surface area contributed by atoms with E-state index in [2.05, 4.69) is 15.5 Å². The van der Waals surface area contributed by atoms with Crippen LogP contribution in [-0.4, -0.2) is 28.1 Å². The van der Waals surface area contributed by atoms with E-state index in [9.17, 15) is 0 Å². The van der Waals surface area contributed by atoms with E-state index in [-0.39, 0.29) is 0 Å². The first-order valence-corrected chi connectivity index (χ1v) is 3.88. The van der Waals surface area contributed by atoms with Crippen LogP contribution in [0.1, 0.15) is 17.4 Å². The van der Waals surface area contributed by atoms with Gasteiger partial charge in [0.15, 0.2) is 0 Å². The molecular weight excluding hydrogens is 140 g/mol. The first kappa shape index (κ1) is 6.79. The van der Waals surface area contributed by atoms with Crippen molar-refractivity contribution in [1.82, 2.24) is 20.3 Å². The number of hydrogen-bond acceptors (Lipinski definition) is 3. The number of nitrogens with zero attached hydrogens (tertiary/aromatic N) is 3. The predicted molar refractivity (Wildman–Crippen MR) is 41.4 cm³/mol. The summed E-state index contributed by atoms with van der Waals surface area (Å²) in [5.74, 6) is 0. The Kier molecular flexibility index (Phi) is 1.42. The van der Waals surface area contributed by atoms with E-state index in [0.717, 1.165) is 24.5 Å². The number of rotatable bonds is 1. The summed E-state index contributed by atoms with van der Waals surface area (Å²) < 4.78 is 0. The second kappa shape index (κ2) is 2.30. The van der Waals surface area contributed by atoms with Crippen molar-refractivity contribution in [3.8, 4) is 0 Å². The molecule has 1 aliphatic heterocycles. The van der Waals surface area contributed by atoms with Crippen molar-refractivity contribution < 1.29 is 0 Å². The third-order valence-corrected chi connectivity index (χ3v) is 2.12. The van der Waals surface area contributed by atoms with Crippen LogP contribution in [0.15, 0.2) is 0 Å². The first-order valence-electron chi connectivity index (χ1n) is 3.88. The molecule has 0 amide bonds. The molecule has 1 N–H and O–H groups in total. The summed E-state index contributed by atoms with van der Waals surface area (Å²) in [6, 6.07) is 0.488. The van der Waals surface area contributed by atoms with E-state index >= 15 is 0 Å². The van der Waals surface area contributed by atoms with Crippen molar-refractivity contribution in [2.45, 2.75) is 19.9 Å². The molecule has 0 bridgehead atoms. The van der Waals surface area contributed by atoms with Crippen LogP contribution in [0.4, 0.5) is 0 Å². The summed E-state index contributed by atoms with van der Waals surface area (Å²) in [5.41, 5.74) is 2.08. The molecule has 2 heterocycles. The zero-order valence-corrected chi connectivity index (χ0v) is 6.83. The minimum Gasteiger partial charge on any atom is -0.312 e. The fourth-order valence-corrected chi connectivity index (χ4v) is 1.07. The molecule has 0 spiro atoms. The van der Waals surface area contributed by atoms with E-state index in [1.807, 2.05) is 18.6 Å². The van der Waals surface area contributed by atoms with Crippen molar-refractivity contribution in [2.24, 2.45) is 0 Å². The first-order chi connectivity index (χ1) is 5.27. The number of aromatic nitrogens is 3. The highest BCUT2D eigenvalue weighted by atomic mass is 15.5. The summed E-state index contributed by atoms with van der Waals surface area (Å²) in [6.07, 6.45) is 0. The van der Waals surface area contributed by atoms with Gasteiger partial charge in [-0.1, -0.05) is 0 Å². The standard InChI is InChI=1S/C7H12N4/c1-5-6(2)10-11(9-5)7-3-8-4-7/h7-8H,3-4H2,1-2H3. The van der Waals surface area contributed by atoms with E-state index in [1.54, 1.807) is 0 Å². The van der Waals surface area contributed by atoms with E-state index < -0.39 is 0 Å². The van der Waals surface area contributed by atoms with Gasteiger partial charge in [0.25, 0.3) is 0 Å². The average Bonchev–Trinajstić information content (AvgIpc) is 2.08. The van der Waals surface area contributed by atoms with Gasteiger partial charge >= 0.3 is 0 Å². The predicted octanol–water partition coefficient (Wildman–Crippen LogP) is 0.0392. The number of hydrogen-bond donors (Lipinski definition) is 1. The second-order valence-electron chi connectivity index (χ2n) is 3.00. The van der Waals surface area contributed by atoms with E-state index in [1.165, 1.54) is 0 Å². The molecule has 1 saturated heterocycles. The minimum absolute atomic E-state index is 0.488. The van der Waals surface area contributed by atoms with Gasteiger partial charge in [0, 0.05) is 13.1 Å². The zero-order valence-electron chi connectivity index (χ0n) is 6.83. The fraction of sp³-hybridized carbons (Fsp3) is 0.714. The fourth-order valence-electron chi connectivity index (χ4n) is 1.07. The van der Waals surface area contributed by atoms with Crippen molar-refractivity contribution in [1.29, 1.82) is 0 Å². The van der Waals surface area contributed by atoms with Crippen LogP contribution < -0.4 is 5.32 Å². The lowest BCUT2D eigenvalue weighted by molar-refractivity contribution is 0.288.